The summed E-state index contributed by atoms with van der Waals surface area (Å²) in [6, 6.07) is 10.7. The molecule has 0 unspecified atom stereocenters. The molecule has 0 aliphatic rings. The highest BCUT2D eigenvalue weighted by atomic mass is 32.2. The van der Waals surface area contributed by atoms with Crippen LogP contribution in [0.25, 0.3) is 0 Å². The van der Waals surface area contributed by atoms with Crippen LogP contribution in [0.1, 0.15) is 11.1 Å². The molecular formula is C19H23FN2O4S. The Labute approximate surface area is 159 Å². The number of halogens is 1. The SMILES string of the molecule is Cc1cc(S(=O)(=O)N(C)C)ccc1OCC(=O)N(C)Cc1ccccc1F. The van der Waals surface area contributed by atoms with Gasteiger partial charge in [0, 0.05) is 33.3 Å². The number of benzene rings is 2. The van der Waals surface area contributed by atoms with Crippen LogP contribution in [0.15, 0.2) is 47.4 Å². The maximum atomic E-state index is 13.7. The van der Waals surface area contributed by atoms with Crippen LogP contribution in [0.2, 0.25) is 0 Å². The molecule has 27 heavy (non-hydrogen) atoms. The van der Waals surface area contributed by atoms with Crippen LogP contribution in [0.4, 0.5) is 4.39 Å². The predicted molar refractivity (Wildman–Crippen MR) is 100 cm³/mol. The molecule has 0 aliphatic heterocycles. The highest BCUT2D eigenvalue weighted by Gasteiger charge is 2.19. The molecule has 2 aromatic carbocycles. The van der Waals surface area contributed by atoms with Crippen molar-refractivity contribution in [1.82, 2.24) is 9.21 Å². The molecule has 0 fully saturated rings. The van der Waals surface area contributed by atoms with E-state index in [1.807, 2.05) is 0 Å². The van der Waals surface area contributed by atoms with Crippen molar-refractivity contribution in [2.24, 2.45) is 0 Å². The van der Waals surface area contributed by atoms with Gasteiger partial charge in [0.2, 0.25) is 10.0 Å². The standard InChI is InChI=1S/C19H23FN2O4S/c1-14-11-16(27(24,25)21(2)3)9-10-18(14)26-13-19(23)22(4)12-15-7-5-6-8-17(15)20/h5-11H,12-13H2,1-4H3. The molecular weight excluding hydrogens is 371 g/mol. The molecule has 0 saturated heterocycles. The molecule has 0 aliphatic carbocycles. The summed E-state index contributed by atoms with van der Waals surface area (Å²) in [6.45, 7) is 1.61. The van der Waals surface area contributed by atoms with E-state index >= 15 is 0 Å². The molecule has 0 atom stereocenters. The lowest BCUT2D eigenvalue weighted by atomic mass is 10.2. The minimum absolute atomic E-state index is 0.133. The van der Waals surface area contributed by atoms with E-state index in [1.165, 1.54) is 43.3 Å². The Hall–Kier alpha value is -2.45. The molecule has 0 saturated carbocycles. The molecule has 146 valence electrons. The van der Waals surface area contributed by atoms with Crippen molar-refractivity contribution in [2.75, 3.05) is 27.7 Å². The molecule has 6 nitrogen and oxygen atoms in total. The lowest BCUT2D eigenvalue weighted by molar-refractivity contribution is -0.132. The summed E-state index contributed by atoms with van der Waals surface area (Å²) in [5, 5.41) is 0. The zero-order chi connectivity index (χ0) is 20.2. The molecule has 0 heterocycles. The number of rotatable bonds is 7. The summed E-state index contributed by atoms with van der Waals surface area (Å²) in [7, 11) is 0.950. The third kappa shape index (κ3) is 5.05. The van der Waals surface area contributed by atoms with Crippen molar-refractivity contribution >= 4 is 15.9 Å². The molecule has 0 bridgehead atoms. The first-order chi connectivity index (χ1) is 12.6. The molecule has 8 heteroatoms. The predicted octanol–water partition coefficient (Wildman–Crippen LogP) is 2.42. The van der Waals surface area contributed by atoms with Crippen LogP contribution < -0.4 is 4.74 Å². The van der Waals surface area contributed by atoms with Gasteiger partial charge in [-0.3, -0.25) is 4.79 Å². The topological polar surface area (TPSA) is 66.9 Å². The minimum Gasteiger partial charge on any atom is -0.483 e. The van der Waals surface area contributed by atoms with E-state index in [4.69, 9.17) is 4.74 Å². The second-order valence-corrected chi connectivity index (χ2v) is 8.50. The molecule has 2 aromatic rings. The molecule has 0 spiro atoms. The largest absolute Gasteiger partial charge is 0.483 e. The van der Waals surface area contributed by atoms with Gasteiger partial charge in [-0.2, -0.15) is 0 Å². The number of hydrogen-bond donors (Lipinski definition) is 0. The van der Waals surface area contributed by atoms with Crippen molar-refractivity contribution in [3.05, 3.63) is 59.4 Å². The lowest BCUT2D eigenvalue weighted by Crippen LogP contribution is -2.31. The quantitative estimate of drug-likeness (QED) is 0.723. The van der Waals surface area contributed by atoms with Crippen LogP contribution in [0.5, 0.6) is 5.75 Å². The monoisotopic (exact) mass is 394 g/mol. The average Bonchev–Trinajstić information content (AvgIpc) is 2.62. The number of likely N-dealkylation sites (N-methyl/N-ethyl adjacent to an activating group) is 1. The highest BCUT2D eigenvalue weighted by Crippen LogP contribution is 2.23. The number of amides is 1. The van der Waals surface area contributed by atoms with Crippen LogP contribution in [0, 0.1) is 12.7 Å². The van der Waals surface area contributed by atoms with Crippen LogP contribution in [-0.2, 0) is 21.4 Å². The summed E-state index contributed by atoms with van der Waals surface area (Å²) < 4.78 is 44.6. The van der Waals surface area contributed by atoms with Gasteiger partial charge in [-0.15, -0.1) is 0 Å². The molecule has 2 rings (SSSR count). The lowest BCUT2D eigenvalue weighted by Gasteiger charge is -2.19. The van der Waals surface area contributed by atoms with Gasteiger partial charge in [-0.1, -0.05) is 18.2 Å². The Morgan fingerprint density at radius 3 is 2.37 bits per heavy atom. The Morgan fingerprint density at radius 1 is 1.11 bits per heavy atom. The Bertz CT molecular complexity index is 929. The zero-order valence-corrected chi connectivity index (χ0v) is 16.6. The van der Waals surface area contributed by atoms with E-state index in [1.54, 1.807) is 32.2 Å². The first-order valence-electron chi connectivity index (χ1n) is 8.26. The first kappa shape index (κ1) is 20.9. The zero-order valence-electron chi connectivity index (χ0n) is 15.8. The van der Waals surface area contributed by atoms with Crippen LogP contribution in [-0.4, -0.2) is 51.3 Å². The van der Waals surface area contributed by atoms with E-state index in [0.29, 0.717) is 16.9 Å². The van der Waals surface area contributed by atoms with Crippen molar-refractivity contribution in [1.29, 1.82) is 0 Å². The summed E-state index contributed by atoms with van der Waals surface area (Å²) in [4.78, 5) is 13.8. The van der Waals surface area contributed by atoms with Crippen molar-refractivity contribution in [3.8, 4) is 5.75 Å². The van der Waals surface area contributed by atoms with Gasteiger partial charge < -0.3 is 9.64 Å². The second kappa shape index (κ2) is 8.49. The van der Waals surface area contributed by atoms with Gasteiger partial charge in [0.25, 0.3) is 5.91 Å². The first-order valence-corrected chi connectivity index (χ1v) is 9.70. The van der Waals surface area contributed by atoms with Crippen molar-refractivity contribution in [3.63, 3.8) is 0 Å². The minimum atomic E-state index is -3.53. The Morgan fingerprint density at radius 2 is 1.78 bits per heavy atom. The fraction of sp³-hybridized carbons (Fsp3) is 0.316. The smallest absolute Gasteiger partial charge is 0.260 e. The maximum Gasteiger partial charge on any atom is 0.260 e. The van der Waals surface area contributed by atoms with Gasteiger partial charge in [0.05, 0.1) is 4.90 Å². The van der Waals surface area contributed by atoms with Gasteiger partial charge in [0.1, 0.15) is 11.6 Å². The molecule has 0 N–H and O–H groups in total. The van der Waals surface area contributed by atoms with Gasteiger partial charge >= 0.3 is 0 Å². The average molecular weight is 394 g/mol. The van der Waals surface area contributed by atoms with Gasteiger partial charge in [-0.05, 0) is 36.8 Å². The number of aryl methyl sites for hydroxylation is 1. The third-order valence-electron chi connectivity index (χ3n) is 4.07. The van der Waals surface area contributed by atoms with E-state index in [9.17, 15) is 17.6 Å². The van der Waals surface area contributed by atoms with E-state index in [0.717, 1.165) is 4.31 Å². The summed E-state index contributed by atoms with van der Waals surface area (Å²) in [6.07, 6.45) is 0. The summed E-state index contributed by atoms with van der Waals surface area (Å²) in [5.74, 6) is -0.269. The molecule has 0 aromatic heterocycles. The van der Waals surface area contributed by atoms with Crippen LogP contribution in [0.3, 0.4) is 0 Å². The Kier molecular flexibility index (Phi) is 6.56. The number of ether oxygens (including phenoxy) is 1. The molecule has 0 radical (unpaired) electrons. The summed E-state index contributed by atoms with van der Waals surface area (Å²) >= 11 is 0. The summed E-state index contributed by atoms with van der Waals surface area (Å²) in [5.41, 5.74) is 1.02. The normalized spacial score (nSPS) is 11.5. The van der Waals surface area contributed by atoms with E-state index in [2.05, 4.69) is 0 Å². The second-order valence-electron chi connectivity index (χ2n) is 6.34. The van der Waals surface area contributed by atoms with Gasteiger partial charge in [0.15, 0.2) is 6.61 Å². The highest BCUT2D eigenvalue weighted by molar-refractivity contribution is 7.89. The third-order valence-corrected chi connectivity index (χ3v) is 5.88. The van der Waals surface area contributed by atoms with Gasteiger partial charge in [-0.25, -0.2) is 17.1 Å². The Balaban J connectivity index is 2.02. The fourth-order valence-corrected chi connectivity index (χ4v) is 3.36. The number of hydrogen-bond acceptors (Lipinski definition) is 4. The van der Waals surface area contributed by atoms with E-state index < -0.39 is 10.0 Å². The van der Waals surface area contributed by atoms with E-state index in [-0.39, 0.29) is 29.8 Å². The fourth-order valence-electron chi connectivity index (χ4n) is 2.38. The maximum absolute atomic E-state index is 13.7. The number of nitrogens with zero attached hydrogens (tertiary/aromatic N) is 2. The number of carbonyl (C=O) groups excluding carboxylic acids is 1. The molecule has 1 amide bonds. The van der Waals surface area contributed by atoms with Crippen molar-refractivity contribution < 1.29 is 22.3 Å². The van der Waals surface area contributed by atoms with Crippen molar-refractivity contribution in [2.45, 2.75) is 18.4 Å². The number of carbonyl (C=O) groups is 1. The number of sulfonamides is 1. The van der Waals surface area contributed by atoms with Crippen LogP contribution >= 0.6 is 0 Å².